The highest BCUT2D eigenvalue weighted by atomic mass is 16.5. The van der Waals surface area contributed by atoms with Crippen LogP contribution in [0.1, 0.15) is 19.3 Å². The first kappa shape index (κ1) is 15.9. The molecule has 1 aliphatic rings. The molecule has 0 N–H and O–H groups in total. The highest BCUT2D eigenvalue weighted by Crippen LogP contribution is 2.08. The number of ether oxygens (including phenoxy) is 2. The molecule has 1 heterocycles. The zero-order valence-corrected chi connectivity index (χ0v) is 11.3. The number of amides is 1. The van der Waals surface area contributed by atoms with Gasteiger partial charge in [0.05, 0.1) is 7.11 Å². The predicted octanol–water partition coefficient (Wildman–Crippen LogP) is -0.160. The summed E-state index contributed by atoms with van der Waals surface area (Å²) in [5.74, 6) is -2.99. The first-order valence-corrected chi connectivity index (χ1v) is 6.29. The maximum Gasteiger partial charge on any atom is 0.331 e. The molecule has 1 saturated heterocycles. The van der Waals surface area contributed by atoms with Gasteiger partial charge in [-0.25, -0.2) is 9.59 Å². The lowest BCUT2D eigenvalue weighted by atomic mass is 10.1. The summed E-state index contributed by atoms with van der Waals surface area (Å²) in [7, 11) is 1.17. The number of likely N-dealkylation sites (tertiary alicyclic amines) is 1. The van der Waals surface area contributed by atoms with Crippen LogP contribution in [0.5, 0.6) is 0 Å². The third-order valence-corrected chi connectivity index (χ3v) is 2.78. The molecule has 1 aliphatic heterocycles. The maximum absolute atomic E-state index is 11.7. The van der Waals surface area contributed by atoms with Gasteiger partial charge < -0.3 is 14.4 Å². The molecular formula is C13H17NO6. The van der Waals surface area contributed by atoms with E-state index >= 15 is 0 Å². The molecule has 0 aromatic carbocycles. The zero-order valence-electron chi connectivity index (χ0n) is 11.3. The minimum atomic E-state index is -0.879. The Kier molecular flexibility index (Phi) is 6.42. The average Bonchev–Trinajstić information content (AvgIpc) is 2.50. The van der Waals surface area contributed by atoms with Crippen molar-refractivity contribution in [3.8, 4) is 0 Å². The summed E-state index contributed by atoms with van der Waals surface area (Å²) in [6.07, 6.45) is 4.51. The molecule has 0 aromatic heterocycles. The van der Waals surface area contributed by atoms with E-state index in [-0.39, 0.29) is 0 Å². The number of carbonyl (C=O) groups is 4. The summed E-state index contributed by atoms with van der Waals surface area (Å²) in [4.78, 5) is 46.6. The van der Waals surface area contributed by atoms with E-state index in [1.807, 2.05) is 0 Å². The monoisotopic (exact) mass is 283 g/mol. The second-order valence-electron chi connectivity index (χ2n) is 4.24. The summed E-state index contributed by atoms with van der Waals surface area (Å²) in [6.45, 7) is 0.487. The van der Waals surface area contributed by atoms with Crippen molar-refractivity contribution in [2.75, 3.05) is 26.8 Å². The van der Waals surface area contributed by atoms with Gasteiger partial charge in [-0.1, -0.05) is 0 Å². The van der Waals surface area contributed by atoms with E-state index in [0.29, 0.717) is 13.1 Å². The van der Waals surface area contributed by atoms with Crippen molar-refractivity contribution in [1.29, 1.82) is 0 Å². The molecule has 0 atom stereocenters. The van der Waals surface area contributed by atoms with Gasteiger partial charge in [0.25, 0.3) is 11.7 Å². The van der Waals surface area contributed by atoms with Gasteiger partial charge in [0.2, 0.25) is 0 Å². The van der Waals surface area contributed by atoms with Crippen LogP contribution in [0.2, 0.25) is 0 Å². The highest BCUT2D eigenvalue weighted by Gasteiger charge is 2.23. The molecule has 0 spiro atoms. The van der Waals surface area contributed by atoms with E-state index in [2.05, 4.69) is 9.47 Å². The van der Waals surface area contributed by atoms with Gasteiger partial charge in [-0.2, -0.15) is 0 Å². The van der Waals surface area contributed by atoms with Crippen molar-refractivity contribution in [1.82, 2.24) is 4.90 Å². The molecule has 1 fully saturated rings. The fourth-order valence-electron chi connectivity index (χ4n) is 1.72. The number of esters is 2. The van der Waals surface area contributed by atoms with E-state index in [1.165, 1.54) is 12.0 Å². The van der Waals surface area contributed by atoms with Gasteiger partial charge in [0.1, 0.15) is 0 Å². The molecule has 1 amide bonds. The molecular weight excluding hydrogens is 266 g/mol. The van der Waals surface area contributed by atoms with Crippen molar-refractivity contribution in [2.45, 2.75) is 19.3 Å². The summed E-state index contributed by atoms with van der Waals surface area (Å²) >= 11 is 0. The first-order valence-electron chi connectivity index (χ1n) is 6.29. The van der Waals surface area contributed by atoms with Gasteiger partial charge >= 0.3 is 11.9 Å². The molecule has 0 bridgehead atoms. The van der Waals surface area contributed by atoms with E-state index in [9.17, 15) is 19.2 Å². The summed E-state index contributed by atoms with van der Waals surface area (Å²) < 4.78 is 8.86. The number of hydrogen-bond donors (Lipinski definition) is 0. The molecule has 7 nitrogen and oxygen atoms in total. The first-order chi connectivity index (χ1) is 9.54. The average molecular weight is 283 g/mol. The minimum absolute atomic E-state index is 0.556. The van der Waals surface area contributed by atoms with Gasteiger partial charge in [0, 0.05) is 25.2 Å². The Morgan fingerprint density at radius 3 is 2.20 bits per heavy atom. The quantitative estimate of drug-likeness (QED) is 0.395. The number of ketones is 1. The lowest BCUT2D eigenvalue weighted by Crippen LogP contribution is -2.41. The van der Waals surface area contributed by atoms with Crippen LogP contribution in [0.3, 0.4) is 0 Å². The maximum atomic E-state index is 11.7. The minimum Gasteiger partial charge on any atom is -0.466 e. The van der Waals surface area contributed by atoms with Crippen LogP contribution in [0.25, 0.3) is 0 Å². The predicted molar refractivity (Wildman–Crippen MR) is 67.6 cm³/mol. The summed E-state index contributed by atoms with van der Waals surface area (Å²) in [5.41, 5.74) is 0. The second kappa shape index (κ2) is 8.08. The Balaban J connectivity index is 2.35. The van der Waals surface area contributed by atoms with Crippen molar-refractivity contribution in [3.05, 3.63) is 12.2 Å². The van der Waals surface area contributed by atoms with Gasteiger partial charge in [-0.05, 0) is 19.3 Å². The Bertz CT molecular complexity index is 423. The van der Waals surface area contributed by atoms with Crippen LogP contribution in [0.15, 0.2) is 12.2 Å². The van der Waals surface area contributed by atoms with Crippen LogP contribution in [-0.2, 0) is 28.7 Å². The molecule has 0 unspecified atom stereocenters. The second-order valence-corrected chi connectivity index (χ2v) is 4.24. The van der Waals surface area contributed by atoms with E-state index in [1.54, 1.807) is 0 Å². The summed E-state index contributed by atoms with van der Waals surface area (Å²) in [6, 6.07) is 0. The van der Waals surface area contributed by atoms with Crippen LogP contribution < -0.4 is 0 Å². The van der Waals surface area contributed by atoms with Gasteiger partial charge in [-0.15, -0.1) is 0 Å². The molecule has 0 radical (unpaired) electrons. The standard InChI is InChI=1S/C13H17NO6/c1-19-11(16)5-6-12(17)20-9-10(15)13(18)14-7-3-2-4-8-14/h5-6H,2-4,7-9H2,1H3/b6-5+. The van der Waals surface area contributed by atoms with E-state index in [0.717, 1.165) is 31.4 Å². The molecule has 7 heteroatoms. The molecule has 1 rings (SSSR count). The van der Waals surface area contributed by atoms with Crippen molar-refractivity contribution >= 4 is 23.6 Å². The Morgan fingerprint density at radius 1 is 1.00 bits per heavy atom. The van der Waals surface area contributed by atoms with Gasteiger partial charge in [-0.3, -0.25) is 9.59 Å². The van der Waals surface area contributed by atoms with E-state index in [4.69, 9.17) is 0 Å². The van der Waals surface area contributed by atoms with Crippen molar-refractivity contribution in [3.63, 3.8) is 0 Å². The Morgan fingerprint density at radius 2 is 1.60 bits per heavy atom. The normalized spacial score (nSPS) is 14.9. The lowest BCUT2D eigenvalue weighted by Gasteiger charge is -2.25. The molecule has 0 aromatic rings. The molecule has 110 valence electrons. The third-order valence-electron chi connectivity index (χ3n) is 2.78. The topological polar surface area (TPSA) is 90.0 Å². The lowest BCUT2D eigenvalue weighted by molar-refractivity contribution is -0.151. The van der Waals surface area contributed by atoms with E-state index < -0.39 is 30.2 Å². The third kappa shape index (κ3) is 5.21. The van der Waals surface area contributed by atoms with Crippen LogP contribution in [0.4, 0.5) is 0 Å². The number of hydrogen-bond acceptors (Lipinski definition) is 6. The smallest absolute Gasteiger partial charge is 0.331 e. The fraction of sp³-hybridized carbons (Fsp3) is 0.538. The molecule has 20 heavy (non-hydrogen) atoms. The number of Topliss-reactive ketones (excluding diaryl/α,β-unsaturated/α-hetero) is 1. The SMILES string of the molecule is COC(=O)/C=C/C(=O)OCC(=O)C(=O)N1CCCCC1. The van der Waals surface area contributed by atoms with Crippen molar-refractivity contribution < 1.29 is 28.7 Å². The fourth-order valence-corrected chi connectivity index (χ4v) is 1.72. The van der Waals surface area contributed by atoms with Crippen molar-refractivity contribution in [2.24, 2.45) is 0 Å². The Labute approximate surface area is 116 Å². The summed E-state index contributed by atoms with van der Waals surface area (Å²) in [5, 5.41) is 0. The number of nitrogens with zero attached hydrogens (tertiary/aromatic N) is 1. The van der Waals surface area contributed by atoms with Crippen LogP contribution >= 0.6 is 0 Å². The number of piperidine rings is 1. The Hall–Kier alpha value is -2.18. The number of rotatable bonds is 5. The largest absolute Gasteiger partial charge is 0.466 e. The highest BCUT2D eigenvalue weighted by molar-refractivity contribution is 6.36. The molecule has 0 aliphatic carbocycles. The zero-order chi connectivity index (χ0) is 15.0. The number of carbonyl (C=O) groups excluding carboxylic acids is 4. The van der Waals surface area contributed by atoms with Gasteiger partial charge in [0.15, 0.2) is 6.61 Å². The molecule has 0 saturated carbocycles. The van der Waals surface area contributed by atoms with Crippen LogP contribution in [-0.4, -0.2) is 55.3 Å². The number of methoxy groups -OCH3 is 1. The van der Waals surface area contributed by atoms with Crippen LogP contribution in [0, 0.1) is 0 Å².